The summed E-state index contributed by atoms with van der Waals surface area (Å²) in [4.78, 5) is 13.7. The zero-order chi connectivity index (χ0) is 18.5. The summed E-state index contributed by atoms with van der Waals surface area (Å²) in [6.07, 6.45) is 2.81. The van der Waals surface area contributed by atoms with Crippen LogP contribution in [0.5, 0.6) is 0 Å². The van der Waals surface area contributed by atoms with Gasteiger partial charge in [-0.15, -0.1) is 5.10 Å². The molecular formula is C18H27N7O2. The van der Waals surface area contributed by atoms with Crippen molar-refractivity contribution >= 4 is 5.96 Å². The second-order valence-corrected chi connectivity index (χ2v) is 7.00. The van der Waals surface area contributed by atoms with Crippen LogP contribution in [0.3, 0.4) is 0 Å². The second-order valence-electron chi connectivity index (χ2n) is 7.00. The van der Waals surface area contributed by atoms with Crippen molar-refractivity contribution in [1.82, 2.24) is 30.3 Å². The maximum Gasteiger partial charge on any atom is 0.216 e. The van der Waals surface area contributed by atoms with Crippen LogP contribution in [0.25, 0.3) is 11.6 Å². The molecule has 0 aromatic carbocycles. The summed E-state index contributed by atoms with van der Waals surface area (Å²) in [7, 11) is 1.83. The SMILES string of the molecule is CN=C(NCc1nc(-c2ccco2)n[nH]1)N1CCC(CN2CCOCC2)C1. The van der Waals surface area contributed by atoms with Gasteiger partial charge < -0.3 is 19.4 Å². The third-order valence-corrected chi connectivity index (χ3v) is 5.10. The fraction of sp³-hybridized carbons (Fsp3) is 0.611. The molecule has 0 aliphatic carbocycles. The number of nitrogens with one attached hydrogen (secondary N) is 2. The van der Waals surface area contributed by atoms with E-state index in [0.717, 1.165) is 57.7 Å². The van der Waals surface area contributed by atoms with Crippen LogP contribution in [0, 0.1) is 5.92 Å². The quantitative estimate of drug-likeness (QED) is 0.591. The standard InChI is InChI=1S/C18H27N7O2/c1-19-18(20-11-16-21-17(23-22-16)15-3-2-8-27-15)25-5-4-14(13-25)12-24-6-9-26-10-7-24/h2-3,8,14H,4-7,9-13H2,1H3,(H,19,20)(H,21,22,23). The maximum atomic E-state index is 5.44. The molecule has 1 unspecified atom stereocenters. The highest BCUT2D eigenvalue weighted by molar-refractivity contribution is 5.80. The molecule has 0 amide bonds. The third-order valence-electron chi connectivity index (χ3n) is 5.10. The van der Waals surface area contributed by atoms with E-state index in [1.165, 1.54) is 6.42 Å². The first kappa shape index (κ1) is 18.0. The molecule has 0 radical (unpaired) electrons. The van der Waals surface area contributed by atoms with Crippen LogP contribution < -0.4 is 5.32 Å². The Morgan fingerprint density at radius 1 is 1.37 bits per heavy atom. The molecule has 146 valence electrons. The van der Waals surface area contributed by atoms with Gasteiger partial charge in [-0.05, 0) is 24.5 Å². The molecule has 2 fully saturated rings. The summed E-state index contributed by atoms with van der Waals surface area (Å²) in [5.41, 5.74) is 0. The number of aromatic nitrogens is 3. The van der Waals surface area contributed by atoms with Crippen LogP contribution in [0.15, 0.2) is 27.8 Å². The Balaban J connectivity index is 1.27. The number of H-pyrrole nitrogens is 1. The summed E-state index contributed by atoms with van der Waals surface area (Å²) in [5.74, 6) is 3.57. The molecule has 2 saturated heterocycles. The maximum absolute atomic E-state index is 5.44. The predicted molar refractivity (Wildman–Crippen MR) is 101 cm³/mol. The lowest BCUT2D eigenvalue weighted by Gasteiger charge is -2.29. The van der Waals surface area contributed by atoms with E-state index in [2.05, 4.69) is 35.3 Å². The lowest BCUT2D eigenvalue weighted by molar-refractivity contribution is 0.0315. The van der Waals surface area contributed by atoms with Crippen molar-refractivity contribution in [3.05, 3.63) is 24.2 Å². The summed E-state index contributed by atoms with van der Waals surface area (Å²) in [5, 5.41) is 10.5. The molecule has 0 saturated carbocycles. The average molecular weight is 373 g/mol. The minimum absolute atomic E-state index is 0.547. The predicted octanol–water partition coefficient (Wildman–Crippen LogP) is 0.794. The molecular weight excluding hydrogens is 346 g/mol. The molecule has 9 nitrogen and oxygen atoms in total. The molecule has 0 bridgehead atoms. The van der Waals surface area contributed by atoms with Gasteiger partial charge in [-0.1, -0.05) is 0 Å². The Morgan fingerprint density at radius 3 is 3.04 bits per heavy atom. The van der Waals surface area contributed by atoms with Gasteiger partial charge in [-0.25, -0.2) is 4.98 Å². The first-order chi connectivity index (χ1) is 13.3. The number of rotatable bonds is 5. The van der Waals surface area contributed by atoms with Crippen LogP contribution in [-0.2, 0) is 11.3 Å². The molecule has 0 spiro atoms. The summed E-state index contributed by atoms with van der Waals surface area (Å²) in [6, 6.07) is 3.67. The fourth-order valence-corrected chi connectivity index (χ4v) is 3.71. The molecule has 2 aromatic heterocycles. The van der Waals surface area contributed by atoms with Crippen molar-refractivity contribution in [3.8, 4) is 11.6 Å². The Morgan fingerprint density at radius 2 is 2.26 bits per heavy atom. The normalized spacial score (nSPS) is 21.7. The van der Waals surface area contributed by atoms with Gasteiger partial charge in [0, 0.05) is 39.8 Å². The van der Waals surface area contributed by atoms with Crippen molar-refractivity contribution < 1.29 is 9.15 Å². The molecule has 2 aromatic rings. The van der Waals surface area contributed by atoms with E-state index in [9.17, 15) is 0 Å². The number of aromatic amines is 1. The number of morpholine rings is 1. The average Bonchev–Trinajstić information content (AvgIpc) is 3.45. The molecule has 2 aliphatic rings. The number of aliphatic imine (C=N–C) groups is 1. The highest BCUT2D eigenvalue weighted by Gasteiger charge is 2.27. The van der Waals surface area contributed by atoms with Crippen LogP contribution >= 0.6 is 0 Å². The van der Waals surface area contributed by atoms with E-state index in [1.807, 2.05) is 19.2 Å². The van der Waals surface area contributed by atoms with Gasteiger partial charge in [-0.3, -0.25) is 15.0 Å². The molecule has 4 heterocycles. The van der Waals surface area contributed by atoms with E-state index >= 15 is 0 Å². The Kier molecular flexibility index (Phi) is 5.69. The van der Waals surface area contributed by atoms with Gasteiger partial charge in [0.25, 0.3) is 0 Å². The first-order valence-corrected chi connectivity index (χ1v) is 9.52. The van der Waals surface area contributed by atoms with Gasteiger partial charge in [0.05, 0.1) is 26.0 Å². The zero-order valence-corrected chi connectivity index (χ0v) is 15.7. The van der Waals surface area contributed by atoms with E-state index in [0.29, 0.717) is 24.0 Å². The molecule has 2 N–H and O–H groups in total. The molecule has 1 atom stereocenters. The van der Waals surface area contributed by atoms with Crippen molar-refractivity contribution in [1.29, 1.82) is 0 Å². The highest BCUT2D eigenvalue weighted by Crippen LogP contribution is 2.18. The zero-order valence-electron chi connectivity index (χ0n) is 15.7. The van der Waals surface area contributed by atoms with E-state index in [-0.39, 0.29) is 0 Å². The van der Waals surface area contributed by atoms with Gasteiger partial charge in [0.15, 0.2) is 11.7 Å². The smallest absolute Gasteiger partial charge is 0.216 e. The van der Waals surface area contributed by atoms with Gasteiger partial charge in [0.1, 0.15) is 5.82 Å². The molecule has 27 heavy (non-hydrogen) atoms. The summed E-state index contributed by atoms with van der Waals surface area (Å²) >= 11 is 0. The minimum atomic E-state index is 0.547. The Bertz CT molecular complexity index is 737. The number of guanidine groups is 1. The largest absolute Gasteiger partial charge is 0.461 e. The Labute approximate surface area is 158 Å². The third kappa shape index (κ3) is 4.48. The van der Waals surface area contributed by atoms with Crippen LogP contribution in [-0.4, -0.2) is 83.9 Å². The number of nitrogens with zero attached hydrogens (tertiary/aromatic N) is 5. The number of hydrogen-bond acceptors (Lipinski definition) is 6. The molecule has 2 aliphatic heterocycles. The molecule has 4 rings (SSSR count). The Hall–Kier alpha value is -2.39. The number of hydrogen-bond donors (Lipinski definition) is 2. The fourth-order valence-electron chi connectivity index (χ4n) is 3.71. The minimum Gasteiger partial charge on any atom is -0.461 e. The second kappa shape index (κ2) is 8.53. The topological polar surface area (TPSA) is 94.8 Å². The van der Waals surface area contributed by atoms with E-state index in [4.69, 9.17) is 9.15 Å². The van der Waals surface area contributed by atoms with Crippen LogP contribution in [0.1, 0.15) is 12.2 Å². The van der Waals surface area contributed by atoms with Crippen molar-refractivity contribution in [3.63, 3.8) is 0 Å². The van der Waals surface area contributed by atoms with Gasteiger partial charge >= 0.3 is 0 Å². The summed E-state index contributed by atoms with van der Waals surface area (Å²) < 4.78 is 10.8. The van der Waals surface area contributed by atoms with Gasteiger partial charge in [-0.2, -0.15) is 0 Å². The van der Waals surface area contributed by atoms with E-state index < -0.39 is 0 Å². The van der Waals surface area contributed by atoms with Gasteiger partial charge in [0.2, 0.25) is 5.82 Å². The monoisotopic (exact) mass is 373 g/mol. The van der Waals surface area contributed by atoms with Crippen LogP contribution in [0.4, 0.5) is 0 Å². The van der Waals surface area contributed by atoms with Crippen molar-refractivity contribution in [2.75, 3.05) is 53.0 Å². The lowest BCUT2D eigenvalue weighted by atomic mass is 10.1. The number of furan rings is 1. The highest BCUT2D eigenvalue weighted by atomic mass is 16.5. The number of ether oxygens (including phenoxy) is 1. The first-order valence-electron chi connectivity index (χ1n) is 9.52. The lowest BCUT2D eigenvalue weighted by Crippen LogP contribution is -2.42. The van der Waals surface area contributed by atoms with Crippen molar-refractivity contribution in [2.45, 2.75) is 13.0 Å². The summed E-state index contributed by atoms with van der Waals surface area (Å²) in [6.45, 7) is 7.57. The van der Waals surface area contributed by atoms with Crippen molar-refractivity contribution in [2.24, 2.45) is 10.9 Å². The van der Waals surface area contributed by atoms with E-state index in [1.54, 1.807) is 6.26 Å². The van der Waals surface area contributed by atoms with Crippen LogP contribution in [0.2, 0.25) is 0 Å². The molecule has 9 heteroatoms. The number of likely N-dealkylation sites (tertiary alicyclic amines) is 1.